The number of Topliss-reactive ketones (excluding diaryl/α,β-unsaturated/α-hetero) is 1. The third-order valence-electron chi connectivity index (χ3n) is 4.30. The Morgan fingerprint density at radius 2 is 1.77 bits per heavy atom. The van der Waals surface area contributed by atoms with Gasteiger partial charge in [0.25, 0.3) is 5.78 Å². The van der Waals surface area contributed by atoms with Gasteiger partial charge in [0.2, 0.25) is 0 Å². The maximum Gasteiger partial charge on any atom is 0.300 e. The van der Waals surface area contributed by atoms with E-state index in [0.717, 1.165) is 29.5 Å². The lowest BCUT2D eigenvalue weighted by Gasteiger charge is -2.31. The number of amides is 1. The number of carbonyl (C=O) groups is 2. The van der Waals surface area contributed by atoms with Crippen LogP contribution in [0.2, 0.25) is 0 Å². The van der Waals surface area contributed by atoms with Gasteiger partial charge < -0.3 is 4.74 Å². The Kier molecular flexibility index (Phi) is 3.17. The summed E-state index contributed by atoms with van der Waals surface area (Å²) < 4.78 is 5.34. The van der Waals surface area contributed by atoms with Gasteiger partial charge in [0.1, 0.15) is 0 Å². The van der Waals surface area contributed by atoms with Crippen molar-refractivity contribution in [1.82, 2.24) is 4.90 Å². The van der Waals surface area contributed by atoms with E-state index in [0.29, 0.717) is 25.4 Å². The lowest BCUT2D eigenvalue weighted by atomic mass is 10.0. The van der Waals surface area contributed by atoms with E-state index in [4.69, 9.17) is 4.74 Å². The van der Waals surface area contributed by atoms with Crippen LogP contribution in [0.25, 0.3) is 10.8 Å². The van der Waals surface area contributed by atoms with Gasteiger partial charge >= 0.3 is 5.91 Å². The second kappa shape index (κ2) is 5.19. The van der Waals surface area contributed by atoms with Crippen molar-refractivity contribution in [3.63, 3.8) is 0 Å². The number of benzene rings is 2. The number of anilines is 1. The number of ether oxygens (including phenoxy) is 1. The topological polar surface area (TPSA) is 49.9 Å². The standard InChI is InChI=1S/C17H16N2O3/c20-16-14-6-5-12-3-1-2-4-13(12)15(14)19(17(16)21)11-18-7-9-22-10-8-18/h1-6H,7-11H2. The predicted octanol–water partition coefficient (Wildman–Crippen LogP) is 1.66. The van der Waals surface area contributed by atoms with Crippen molar-refractivity contribution >= 4 is 28.2 Å². The lowest BCUT2D eigenvalue weighted by molar-refractivity contribution is -0.114. The Morgan fingerprint density at radius 3 is 2.59 bits per heavy atom. The molecule has 0 atom stereocenters. The fraction of sp³-hybridized carbons (Fsp3) is 0.294. The number of nitrogens with zero attached hydrogens (tertiary/aromatic N) is 2. The summed E-state index contributed by atoms with van der Waals surface area (Å²) in [6.45, 7) is 3.32. The highest BCUT2D eigenvalue weighted by atomic mass is 16.5. The minimum absolute atomic E-state index is 0.408. The first kappa shape index (κ1) is 13.4. The predicted molar refractivity (Wildman–Crippen MR) is 83.0 cm³/mol. The van der Waals surface area contributed by atoms with Crippen LogP contribution in [0.1, 0.15) is 10.4 Å². The fourth-order valence-corrected chi connectivity index (χ4v) is 3.15. The molecule has 0 saturated carbocycles. The van der Waals surface area contributed by atoms with Crippen LogP contribution in [0, 0.1) is 0 Å². The van der Waals surface area contributed by atoms with Crippen LogP contribution in [-0.4, -0.2) is 49.6 Å². The van der Waals surface area contributed by atoms with E-state index >= 15 is 0 Å². The molecule has 22 heavy (non-hydrogen) atoms. The Balaban J connectivity index is 1.79. The average molecular weight is 296 g/mol. The highest BCUT2D eigenvalue weighted by Crippen LogP contribution is 2.36. The minimum atomic E-state index is -0.433. The van der Waals surface area contributed by atoms with Gasteiger partial charge in [-0.2, -0.15) is 0 Å². The molecule has 0 N–H and O–H groups in total. The molecule has 0 spiro atoms. The number of rotatable bonds is 2. The quantitative estimate of drug-likeness (QED) is 0.791. The Bertz CT molecular complexity index is 766. The lowest BCUT2D eigenvalue weighted by Crippen LogP contribution is -2.45. The maximum absolute atomic E-state index is 12.4. The molecule has 0 aliphatic carbocycles. The normalized spacial score (nSPS) is 19.0. The summed E-state index contributed by atoms with van der Waals surface area (Å²) in [5.41, 5.74) is 1.26. The summed E-state index contributed by atoms with van der Waals surface area (Å²) in [5.74, 6) is -0.841. The van der Waals surface area contributed by atoms with Crippen molar-refractivity contribution in [2.24, 2.45) is 0 Å². The van der Waals surface area contributed by atoms with Crippen molar-refractivity contribution in [2.75, 3.05) is 37.9 Å². The van der Waals surface area contributed by atoms with Crippen LogP contribution in [0.4, 0.5) is 5.69 Å². The summed E-state index contributed by atoms with van der Waals surface area (Å²) in [6, 6.07) is 11.5. The van der Waals surface area contributed by atoms with Gasteiger partial charge in [-0.3, -0.25) is 19.4 Å². The Hall–Kier alpha value is -2.24. The van der Waals surface area contributed by atoms with Gasteiger partial charge in [-0.05, 0) is 11.5 Å². The third-order valence-corrected chi connectivity index (χ3v) is 4.30. The van der Waals surface area contributed by atoms with Crippen LogP contribution in [0.5, 0.6) is 0 Å². The van der Waals surface area contributed by atoms with Crippen molar-refractivity contribution in [3.05, 3.63) is 42.0 Å². The zero-order valence-electron chi connectivity index (χ0n) is 12.1. The largest absolute Gasteiger partial charge is 0.379 e. The zero-order valence-corrected chi connectivity index (χ0v) is 12.1. The Morgan fingerprint density at radius 1 is 1.00 bits per heavy atom. The molecule has 2 aromatic carbocycles. The molecule has 112 valence electrons. The molecule has 1 fully saturated rings. The van der Waals surface area contributed by atoms with Crippen molar-refractivity contribution in [1.29, 1.82) is 0 Å². The van der Waals surface area contributed by atoms with Crippen LogP contribution in [0.15, 0.2) is 36.4 Å². The van der Waals surface area contributed by atoms with Crippen LogP contribution >= 0.6 is 0 Å². The van der Waals surface area contributed by atoms with Crippen LogP contribution < -0.4 is 4.90 Å². The first-order chi connectivity index (χ1) is 10.8. The van der Waals surface area contributed by atoms with Crippen molar-refractivity contribution < 1.29 is 14.3 Å². The molecule has 2 heterocycles. The van der Waals surface area contributed by atoms with E-state index in [2.05, 4.69) is 4.90 Å². The second-order valence-corrected chi connectivity index (χ2v) is 5.62. The maximum atomic E-state index is 12.4. The molecule has 0 aromatic heterocycles. The van der Waals surface area contributed by atoms with Crippen molar-refractivity contribution in [3.8, 4) is 0 Å². The average Bonchev–Trinajstić information content (AvgIpc) is 2.81. The first-order valence-electron chi connectivity index (χ1n) is 7.44. The molecule has 4 rings (SSSR count). The zero-order chi connectivity index (χ0) is 15.1. The van der Waals surface area contributed by atoms with Crippen LogP contribution in [0.3, 0.4) is 0 Å². The molecular weight excluding hydrogens is 280 g/mol. The fourth-order valence-electron chi connectivity index (χ4n) is 3.15. The highest BCUT2D eigenvalue weighted by Gasteiger charge is 2.37. The first-order valence-corrected chi connectivity index (χ1v) is 7.44. The summed E-state index contributed by atoms with van der Waals surface area (Å²) in [6.07, 6.45) is 0. The molecule has 0 radical (unpaired) electrons. The number of hydrogen-bond acceptors (Lipinski definition) is 4. The molecule has 5 nitrogen and oxygen atoms in total. The van der Waals surface area contributed by atoms with Gasteiger partial charge in [-0.15, -0.1) is 0 Å². The van der Waals surface area contributed by atoms with E-state index in [-0.39, 0.29) is 0 Å². The SMILES string of the molecule is O=C1C(=O)N(CN2CCOCC2)c2c1ccc1ccccc21. The van der Waals surface area contributed by atoms with Gasteiger partial charge in [0.15, 0.2) is 0 Å². The van der Waals surface area contributed by atoms with Crippen LogP contribution in [-0.2, 0) is 9.53 Å². The minimum Gasteiger partial charge on any atom is -0.379 e. The highest BCUT2D eigenvalue weighted by molar-refractivity contribution is 6.53. The smallest absolute Gasteiger partial charge is 0.300 e. The van der Waals surface area contributed by atoms with Gasteiger partial charge in [0.05, 0.1) is 31.1 Å². The Labute approximate surface area is 128 Å². The van der Waals surface area contributed by atoms with E-state index in [1.807, 2.05) is 30.3 Å². The molecule has 2 aromatic rings. The molecule has 0 bridgehead atoms. The molecular formula is C17H16N2O3. The summed E-state index contributed by atoms with van der Waals surface area (Å²) in [7, 11) is 0. The third kappa shape index (κ3) is 2.01. The van der Waals surface area contributed by atoms with E-state index in [9.17, 15) is 9.59 Å². The number of carbonyl (C=O) groups excluding carboxylic acids is 2. The van der Waals surface area contributed by atoms with Gasteiger partial charge in [-0.25, -0.2) is 0 Å². The summed E-state index contributed by atoms with van der Waals surface area (Å²) in [5, 5.41) is 1.99. The summed E-state index contributed by atoms with van der Waals surface area (Å²) in [4.78, 5) is 28.4. The molecule has 1 amide bonds. The van der Waals surface area contributed by atoms with E-state index < -0.39 is 11.7 Å². The number of hydrogen-bond donors (Lipinski definition) is 0. The summed E-state index contributed by atoms with van der Waals surface area (Å²) >= 11 is 0. The van der Waals surface area contributed by atoms with E-state index in [1.54, 1.807) is 11.0 Å². The molecule has 2 aliphatic heterocycles. The molecule has 2 aliphatic rings. The molecule has 0 unspecified atom stereocenters. The van der Waals surface area contributed by atoms with Crippen molar-refractivity contribution in [2.45, 2.75) is 0 Å². The monoisotopic (exact) mass is 296 g/mol. The van der Waals surface area contributed by atoms with Gasteiger partial charge in [0, 0.05) is 18.5 Å². The second-order valence-electron chi connectivity index (χ2n) is 5.62. The van der Waals surface area contributed by atoms with Gasteiger partial charge in [-0.1, -0.05) is 30.3 Å². The number of ketones is 1. The number of fused-ring (bicyclic) bond motifs is 3. The molecule has 5 heteroatoms. The number of morpholine rings is 1. The molecule has 1 saturated heterocycles. The van der Waals surface area contributed by atoms with E-state index in [1.165, 1.54) is 0 Å².